The second kappa shape index (κ2) is 11.0. The fraction of sp³-hybridized carbons (Fsp3) is 0.500. The second-order valence-corrected chi connectivity index (χ2v) is 7.50. The molecule has 25 heavy (non-hydrogen) atoms. The van der Waals surface area contributed by atoms with Crippen molar-refractivity contribution < 1.29 is 4.74 Å². The Kier molecular flexibility index (Phi) is 9.34. The molecule has 0 saturated heterocycles. The highest BCUT2D eigenvalue weighted by atomic mass is 16.5. The first-order valence-corrected chi connectivity index (χ1v) is 9.45. The van der Waals surface area contributed by atoms with Crippen LogP contribution in [0.1, 0.15) is 70.1 Å². The number of aryl methyl sites for hydroxylation is 3. The lowest BCUT2D eigenvalue weighted by atomic mass is 10.1. The Morgan fingerprint density at radius 2 is 1.32 bits per heavy atom. The molecule has 0 aliphatic rings. The summed E-state index contributed by atoms with van der Waals surface area (Å²) in [6.07, 6.45) is 11.5. The highest BCUT2D eigenvalue weighted by Gasteiger charge is 2.04. The van der Waals surface area contributed by atoms with Crippen molar-refractivity contribution in [1.82, 2.24) is 0 Å². The molecule has 0 aliphatic heterocycles. The predicted octanol–water partition coefficient (Wildman–Crippen LogP) is 7.41. The topological polar surface area (TPSA) is 9.23 Å². The van der Waals surface area contributed by atoms with Crippen LogP contribution in [0.3, 0.4) is 0 Å². The molecule has 0 saturated carbocycles. The van der Waals surface area contributed by atoms with Crippen LogP contribution in [0.4, 0.5) is 0 Å². The zero-order valence-corrected chi connectivity index (χ0v) is 17.3. The van der Waals surface area contributed by atoms with E-state index in [2.05, 4.69) is 78.8 Å². The van der Waals surface area contributed by atoms with Gasteiger partial charge in [-0.2, -0.15) is 0 Å². The third kappa shape index (κ3) is 8.77. The van der Waals surface area contributed by atoms with Crippen LogP contribution >= 0.6 is 0 Å². The minimum Gasteiger partial charge on any atom is -0.489 e. The molecule has 0 aromatic heterocycles. The molecule has 0 bridgehead atoms. The van der Waals surface area contributed by atoms with Gasteiger partial charge in [-0.05, 0) is 91.4 Å². The first-order valence-electron chi connectivity index (χ1n) is 9.45. The number of allylic oxidation sites excluding steroid dienone is 5. The molecular weight excluding hydrogens is 304 g/mol. The van der Waals surface area contributed by atoms with E-state index in [4.69, 9.17) is 4.74 Å². The van der Waals surface area contributed by atoms with Gasteiger partial charge in [0.15, 0.2) is 0 Å². The smallest absolute Gasteiger partial charge is 0.125 e. The van der Waals surface area contributed by atoms with Crippen LogP contribution in [0.25, 0.3) is 0 Å². The van der Waals surface area contributed by atoms with Gasteiger partial charge in [-0.1, -0.05) is 46.6 Å². The predicted molar refractivity (Wildman–Crippen MR) is 112 cm³/mol. The monoisotopic (exact) mass is 340 g/mol. The Morgan fingerprint density at radius 3 is 1.88 bits per heavy atom. The van der Waals surface area contributed by atoms with E-state index >= 15 is 0 Å². The van der Waals surface area contributed by atoms with E-state index in [0.717, 1.165) is 25.0 Å². The Balaban J connectivity index is 2.41. The summed E-state index contributed by atoms with van der Waals surface area (Å²) < 4.78 is 6.00. The molecule has 0 atom stereocenters. The van der Waals surface area contributed by atoms with Crippen LogP contribution in [0.15, 0.2) is 47.1 Å². The van der Waals surface area contributed by atoms with Crippen molar-refractivity contribution >= 4 is 0 Å². The Morgan fingerprint density at radius 1 is 0.800 bits per heavy atom. The molecule has 0 N–H and O–H groups in total. The third-order valence-corrected chi connectivity index (χ3v) is 4.39. The average Bonchev–Trinajstić information content (AvgIpc) is 2.49. The summed E-state index contributed by atoms with van der Waals surface area (Å²) in [4.78, 5) is 0. The molecule has 1 nitrogen and oxygen atoms in total. The van der Waals surface area contributed by atoms with Crippen molar-refractivity contribution in [2.75, 3.05) is 6.61 Å². The molecule has 0 fully saturated rings. The van der Waals surface area contributed by atoms with Gasteiger partial charge in [0.05, 0.1) is 0 Å². The fourth-order valence-corrected chi connectivity index (χ4v) is 3.00. The summed E-state index contributed by atoms with van der Waals surface area (Å²) in [7, 11) is 0. The van der Waals surface area contributed by atoms with E-state index < -0.39 is 0 Å². The normalized spacial score (nSPS) is 12.3. The molecule has 0 aliphatic carbocycles. The van der Waals surface area contributed by atoms with Gasteiger partial charge in [0.25, 0.3) is 0 Å². The highest BCUT2D eigenvalue weighted by Crippen LogP contribution is 2.24. The van der Waals surface area contributed by atoms with Crippen molar-refractivity contribution in [3.63, 3.8) is 0 Å². The number of hydrogen-bond donors (Lipinski definition) is 0. The maximum Gasteiger partial charge on any atom is 0.125 e. The number of ether oxygens (including phenoxy) is 1. The van der Waals surface area contributed by atoms with Gasteiger partial charge in [-0.25, -0.2) is 0 Å². The molecule has 1 aromatic rings. The van der Waals surface area contributed by atoms with Crippen molar-refractivity contribution in [3.8, 4) is 5.75 Å². The first-order chi connectivity index (χ1) is 11.8. The summed E-state index contributed by atoms with van der Waals surface area (Å²) in [5, 5.41) is 0. The molecule has 0 spiro atoms. The maximum absolute atomic E-state index is 6.00. The number of hydrogen-bond acceptors (Lipinski definition) is 1. The molecule has 1 heteroatoms. The third-order valence-electron chi connectivity index (χ3n) is 4.39. The molecule has 1 aromatic carbocycles. The molecule has 0 heterocycles. The van der Waals surface area contributed by atoms with Crippen molar-refractivity contribution in [3.05, 3.63) is 63.8 Å². The molecule has 138 valence electrons. The Hall–Kier alpha value is -1.76. The summed E-state index contributed by atoms with van der Waals surface area (Å²) in [6, 6.07) is 4.36. The van der Waals surface area contributed by atoms with Gasteiger partial charge in [-0.3, -0.25) is 0 Å². The van der Waals surface area contributed by atoms with Gasteiger partial charge in [-0.15, -0.1) is 0 Å². The van der Waals surface area contributed by atoms with Crippen LogP contribution in [0, 0.1) is 20.8 Å². The lowest BCUT2D eigenvalue weighted by Gasteiger charge is -2.12. The standard InChI is InChI=1S/C24H36O/c1-18(2)10-8-11-19(3)12-9-13-20(4)14-15-25-24-22(6)16-21(5)17-23(24)7/h10,12,14,16-17H,8-9,11,13,15H2,1-7H3/b19-12+,20-14+. The van der Waals surface area contributed by atoms with E-state index in [-0.39, 0.29) is 0 Å². The van der Waals surface area contributed by atoms with Crippen molar-refractivity contribution in [2.45, 2.75) is 74.1 Å². The van der Waals surface area contributed by atoms with Gasteiger partial charge in [0.1, 0.15) is 12.4 Å². The zero-order chi connectivity index (χ0) is 18.8. The Labute approximate surface area is 155 Å². The number of rotatable bonds is 9. The molecule has 0 radical (unpaired) electrons. The first kappa shape index (κ1) is 21.3. The Bertz CT molecular complexity index is 617. The van der Waals surface area contributed by atoms with Gasteiger partial charge in [0, 0.05) is 0 Å². The second-order valence-electron chi connectivity index (χ2n) is 7.50. The summed E-state index contributed by atoms with van der Waals surface area (Å²) in [5.41, 5.74) is 8.03. The SMILES string of the molecule is CC(C)=CCC/C(C)=C/CC/C(C)=C/COc1c(C)cc(C)cc1C. The quantitative estimate of drug-likeness (QED) is 0.425. The van der Waals surface area contributed by atoms with Gasteiger partial charge in [0.2, 0.25) is 0 Å². The van der Waals surface area contributed by atoms with Crippen LogP contribution in [0.2, 0.25) is 0 Å². The van der Waals surface area contributed by atoms with Crippen LogP contribution in [0.5, 0.6) is 5.75 Å². The molecule has 0 unspecified atom stereocenters. The lowest BCUT2D eigenvalue weighted by molar-refractivity contribution is 0.356. The van der Waals surface area contributed by atoms with Crippen molar-refractivity contribution in [1.29, 1.82) is 0 Å². The van der Waals surface area contributed by atoms with E-state index in [1.807, 2.05) is 0 Å². The van der Waals surface area contributed by atoms with E-state index in [9.17, 15) is 0 Å². The summed E-state index contributed by atoms with van der Waals surface area (Å²) >= 11 is 0. The fourth-order valence-electron chi connectivity index (χ4n) is 3.00. The minimum absolute atomic E-state index is 0.653. The lowest BCUT2D eigenvalue weighted by Crippen LogP contribution is -1.99. The van der Waals surface area contributed by atoms with E-state index in [1.54, 1.807) is 0 Å². The van der Waals surface area contributed by atoms with Crippen LogP contribution in [-0.2, 0) is 0 Å². The van der Waals surface area contributed by atoms with Crippen molar-refractivity contribution in [2.24, 2.45) is 0 Å². The van der Waals surface area contributed by atoms with E-state index in [1.165, 1.54) is 39.8 Å². The van der Waals surface area contributed by atoms with Gasteiger partial charge >= 0.3 is 0 Å². The van der Waals surface area contributed by atoms with Crippen LogP contribution in [-0.4, -0.2) is 6.61 Å². The largest absolute Gasteiger partial charge is 0.489 e. The average molecular weight is 341 g/mol. The van der Waals surface area contributed by atoms with E-state index in [0.29, 0.717) is 6.61 Å². The summed E-state index contributed by atoms with van der Waals surface area (Å²) in [6.45, 7) is 15.8. The molecule has 1 rings (SSSR count). The number of benzene rings is 1. The summed E-state index contributed by atoms with van der Waals surface area (Å²) in [5.74, 6) is 1.03. The van der Waals surface area contributed by atoms with Crippen LogP contribution < -0.4 is 4.74 Å². The minimum atomic E-state index is 0.653. The molecule has 0 amide bonds. The molecular formula is C24H36O. The van der Waals surface area contributed by atoms with Gasteiger partial charge < -0.3 is 4.74 Å². The maximum atomic E-state index is 6.00. The zero-order valence-electron chi connectivity index (χ0n) is 17.3. The highest BCUT2D eigenvalue weighted by molar-refractivity contribution is 5.43.